The van der Waals surface area contributed by atoms with E-state index < -0.39 is 5.92 Å². The van der Waals surface area contributed by atoms with E-state index in [1.807, 2.05) is 98.8 Å². The summed E-state index contributed by atoms with van der Waals surface area (Å²) < 4.78 is 8.95. The van der Waals surface area contributed by atoms with Crippen LogP contribution in [0.25, 0.3) is 11.4 Å². The fraction of sp³-hybridized carbons (Fsp3) is 0.226. The normalized spacial score (nSPS) is 11.3. The number of aryl methyl sites for hydroxylation is 2. The lowest BCUT2D eigenvalue weighted by Crippen LogP contribution is -2.25. The van der Waals surface area contributed by atoms with Crippen molar-refractivity contribution in [3.05, 3.63) is 134 Å². The molecule has 2 N–H and O–H groups in total. The number of H-pyrrole nitrogens is 2. The second-order valence-corrected chi connectivity index (χ2v) is 9.46. The molecule has 0 unspecified atom stereocenters. The minimum absolute atomic E-state index is 0.187. The molecule has 2 aromatic heterocycles. The Kier molecular flexibility index (Phi) is 7.18. The summed E-state index contributed by atoms with van der Waals surface area (Å²) >= 11 is 0. The van der Waals surface area contributed by atoms with Crippen molar-refractivity contribution in [3.63, 3.8) is 0 Å². The highest BCUT2D eigenvalue weighted by atomic mass is 16.5. The molecule has 0 aliphatic heterocycles. The van der Waals surface area contributed by atoms with E-state index in [1.54, 1.807) is 0 Å². The van der Waals surface area contributed by atoms with E-state index in [4.69, 9.17) is 4.74 Å². The summed E-state index contributed by atoms with van der Waals surface area (Å²) in [5.41, 5.74) is 4.42. The van der Waals surface area contributed by atoms with Crippen LogP contribution in [0.15, 0.2) is 94.5 Å². The smallest absolute Gasteiger partial charge is 0.275 e. The predicted octanol–water partition coefficient (Wildman–Crippen LogP) is 5.62. The molecule has 0 atom stereocenters. The van der Waals surface area contributed by atoms with E-state index in [-0.39, 0.29) is 11.1 Å². The van der Waals surface area contributed by atoms with Gasteiger partial charge in [0.1, 0.15) is 5.75 Å². The average molecular weight is 509 g/mol. The topological polar surface area (TPSA) is 84.8 Å². The molecule has 5 rings (SSSR count). The number of para-hydroxylation sites is 2. The van der Waals surface area contributed by atoms with E-state index in [2.05, 4.69) is 17.1 Å². The molecule has 7 nitrogen and oxygen atoms in total. The van der Waals surface area contributed by atoms with Crippen LogP contribution in [0.1, 0.15) is 53.8 Å². The number of hydrogen-bond acceptors (Lipinski definition) is 3. The lowest BCUT2D eigenvalue weighted by molar-refractivity contribution is 0.309. The average Bonchev–Trinajstić information content (AvgIpc) is 3.41. The van der Waals surface area contributed by atoms with Crippen LogP contribution in [-0.2, 0) is 0 Å². The van der Waals surface area contributed by atoms with Crippen LogP contribution in [0.4, 0.5) is 0 Å². The fourth-order valence-electron chi connectivity index (χ4n) is 4.89. The van der Waals surface area contributed by atoms with Crippen LogP contribution >= 0.6 is 0 Å². The molecule has 2 heterocycles. The SMILES string of the molecule is CCCCOc1ccc(C(c2c(C)[nH]n(-c3ccccc3)c2=O)c2c(C)[nH]n(-c3ccccc3)c2=O)cc1. The maximum Gasteiger partial charge on any atom is 0.275 e. The fourth-order valence-corrected chi connectivity index (χ4v) is 4.89. The molecule has 0 aliphatic rings. The summed E-state index contributed by atoms with van der Waals surface area (Å²) in [6, 6.07) is 26.6. The molecule has 194 valence electrons. The second-order valence-electron chi connectivity index (χ2n) is 9.46. The van der Waals surface area contributed by atoms with E-state index in [0.29, 0.717) is 29.1 Å². The number of ether oxygens (including phenoxy) is 1. The monoisotopic (exact) mass is 508 g/mol. The van der Waals surface area contributed by atoms with Gasteiger partial charge in [-0.05, 0) is 62.2 Å². The number of aromatic amines is 2. The molecule has 3 aromatic carbocycles. The Bertz CT molecular complexity index is 1530. The third kappa shape index (κ3) is 4.75. The first-order chi connectivity index (χ1) is 18.5. The van der Waals surface area contributed by atoms with Gasteiger partial charge >= 0.3 is 0 Å². The molecule has 0 bridgehead atoms. The quantitative estimate of drug-likeness (QED) is 0.254. The van der Waals surface area contributed by atoms with Gasteiger partial charge in [-0.25, -0.2) is 9.36 Å². The molecule has 0 radical (unpaired) electrons. The van der Waals surface area contributed by atoms with Gasteiger partial charge in [-0.3, -0.25) is 19.8 Å². The van der Waals surface area contributed by atoms with Gasteiger partial charge in [-0.15, -0.1) is 0 Å². The number of benzene rings is 3. The van der Waals surface area contributed by atoms with Crippen molar-refractivity contribution in [1.29, 1.82) is 0 Å². The molecule has 0 saturated heterocycles. The van der Waals surface area contributed by atoms with Crippen LogP contribution in [0.5, 0.6) is 5.75 Å². The number of nitrogens with one attached hydrogen (secondary N) is 2. The molecular weight excluding hydrogens is 476 g/mol. The van der Waals surface area contributed by atoms with Crippen molar-refractivity contribution >= 4 is 0 Å². The van der Waals surface area contributed by atoms with Crippen molar-refractivity contribution in [1.82, 2.24) is 19.6 Å². The molecule has 7 heteroatoms. The molecule has 0 fully saturated rings. The summed E-state index contributed by atoms with van der Waals surface area (Å²) in [6.45, 7) is 6.53. The minimum atomic E-state index is -0.581. The highest BCUT2D eigenvalue weighted by Crippen LogP contribution is 2.33. The van der Waals surface area contributed by atoms with Gasteiger partial charge in [0.05, 0.1) is 29.1 Å². The first-order valence-corrected chi connectivity index (χ1v) is 13.0. The summed E-state index contributed by atoms with van der Waals surface area (Å²) in [7, 11) is 0. The van der Waals surface area contributed by atoms with Crippen molar-refractivity contribution in [2.24, 2.45) is 0 Å². The predicted molar refractivity (Wildman–Crippen MR) is 150 cm³/mol. The lowest BCUT2D eigenvalue weighted by Gasteiger charge is -2.16. The molecular formula is C31H32N4O3. The second kappa shape index (κ2) is 10.8. The minimum Gasteiger partial charge on any atom is -0.494 e. The van der Waals surface area contributed by atoms with Gasteiger partial charge < -0.3 is 4.74 Å². The van der Waals surface area contributed by atoms with Crippen molar-refractivity contribution in [2.45, 2.75) is 39.5 Å². The maximum atomic E-state index is 13.9. The molecule has 38 heavy (non-hydrogen) atoms. The van der Waals surface area contributed by atoms with Crippen LogP contribution in [0, 0.1) is 13.8 Å². The van der Waals surface area contributed by atoms with Crippen LogP contribution in [-0.4, -0.2) is 26.2 Å². The van der Waals surface area contributed by atoms with Gasteiger partial charge in [-0.1, -0.05) is 61.9 Å². The molecule has 0 saturated carbocycles. The maximum absolute atomic E-state index is 13.9. The Morgan fingerprint density at radius 1 is 0.711 bits per heavy atom. The van der Waals surface area contributed by atoms with Gasteiger partial charge in [0, 0.05) is 17.3 Å². The van der Waals surface area contributed by atoms with Crippen molar-refractivity contribution in [2.75, 3.05) is 6.61 Å². The van der Waals surface area contributed by atoms with E-state index in [0.717, 1.165) is 35.5 Å². The van der Waals surface area contributed by atoms with E-state index >= 15 is 0 Å². The summed E-state index contributed by atoms with van der Waals surface area (Å²) in [5, 5.41) is 6.47. The molecule has 0 aliphatic carbocycles. The first-order valence-electron chi connectivity index (χ1n) is 13.0. The Balaban J connectivity index is 1.68. The molecule has 0 amide bonds. The number of rotatable bonds is 9. The highest BCUT2D eigenvalue weighted by molar-refractivity contribution is 5.48. The zero-order valence-electron chi connectivity index (χ0n) is 21.9. The third-order valence-corrected chi connectivity index (χ3v) is 6.82. The highest BCUT2D eigenvalue weighted by Gasteiger charge is 2.30. The van der Waals surface area contributed by atoms with Crippen LogP contribution in [0.2, 0.25) is 0 Å². The van der Waals surface area contributed by atoms with Gasteiger partial charge in [-0.2, -0.15) is 0 Å². The Hall–Kier alpha value is -4.52. The van der Waals surface area contributed by atoms with Crippen molar-refractivity contribution in [3.8, 4) is 17.1 Å². The van der Waals surface area contributed by atoms with Crippen LogP contribution < -0.4 is 15.9 Å². The lowest BCUT2D eigenvalue weighted by atomic mass is 9.85. The van der Waals surface area contributed by atoms with Crippen LogP contribution in [0.3, 0.4) is 0 Å². The number of unbranched alkanes of at least 4 members (excludes halogenated alkanes) is 1. The van der Waals surface area contributed by atoms with Gasteiger partial charge in [0.2, 0.25) is 0 Å². The molecule has 5 aromatic rings. The Labute approximate surface area is 221 Å². The zero-order valence-corrected chi connectivity index (χ0v) is 21.9. The Morgan fingerprint density at radius 3 is 1.63 bits per heavy atom. The Morgan fingerprint density at radius 2 is 1.18 bits per heavy atom. The van der Waals surface area contributed by atoms with Crippen molar-refractivity contribution < 1.29 is 4.74 Å². The van der Waals surface area contributed by atoms with E-state index in [9.17, 15) is 9.59 Å². The largest absolute Gasteiger partial charge is 0.494 e. The summed E-state index contributed by atoms with van der Waals surface area (Å²) in [4.78, 5) is 27.8. The third-order valence-electron chi connectivity index (χ3n) is 6.82. The summed E-state index contributed by atoms with van der Waals surface area (Å²) in [6.07, 6.45) is 2.04. The summed E-state index contributed by atoms with van der Waals surface area (Å²) in [5.74, 6) is 0.183. The number of hydrogen-bond donors (Lipinski definition) is 2. The number of nitrogens with zero attached hydrogens (tertiary/aromatic N) is 2. The van der Waals surface area contributed by atoms with Gasteiger partial charge in [0.15, 0.2) is 0 Å². The standard InChI is InChI=1S/C31H32N4O3/c1-4-5-20-38-26-18-16-23(17-19-26)29(27-21(2)32-34(30(27)36)24-12-8-6-9-13-24)28-22(3)33-35(31(28)37)25-14-10-7-11-15-25/h6-19,29,32-33H,4-5,20H2,1-3H3. The number of aromatic nitrogens is 4. The van der Waals surface area contributed by atoms with Gasteiger partial charge in [0.25, 0.3) is 11.1 Å². The molecule has 0 spiro atoms. The van der Waals surface area contributed by atoms with E-state index in [1.165, 1.54) is 9.36 Å². The first kappa shape index (κ1) is 25.1. The zero-order chi connectivity index (χ0) is 26.6.